The Balaban J connectivity index is 1.83. The second-order valence-corrected chi connectivity index (χ2v) is 10.1. The highest BCUT2D eigenvalue weighted by molar-refractivity contribution is 7.91. The van der Waals surface area contributed by atoms with Gasteiger partial charge in [-0.15, -0.1) is 0 Å². The lowest BCUT2D eigenvalue weighted by molar-refractivity contribution is -0.145. The topological polar surface area (TPSA) is 115 Å². The molecule has 212 valence electrons. The summed E-state index contributed by atoms with van der Waals surface area (Å²) in [5.41, 5.74) is -3.56. The molecular weight excluding hydrogens is 572 g/mol. The van der Waals surface area contributed by atoms with E-state index in [0.717, 1.165) is 18.3 Å². The number of H-pyrrole nitrogens is 1. The van der Waals surface area contributed by atoms with Gasteiger partial charge in [0.15, 0.2) is 12.4 Å². The van der Waals surface area contributed by atoms with Crippen molar-refractivity contribution in [1.82, 2.24) is 4.98 Å². The first-order valence-electron chi connectivity index (χ1n) is 11.0. The molecule has 15 heteroatoms. The van der Waals surface area contributed by atoms with Gasteiger partial charge in [0.25, 0.3) is 0 Å². The van der Waals surface area contributed by atoms with Gasteiger partial charge in [-0.05, 0) is 54.6 Å². The van der Waals surface area contributed by atoms with E-state index >= 15 is 0 Å². The van der Waals surface area contributed by atoms with Crippen molar-refractivity contribution in [3.8, 4) is 23.0 Å². The molecule has 0 atom stereocenters. The fourth-order valence-corrected chi connectivity index (χ4v) is 5.14. The van der Waals surface area contributed by atoms with Crippen molar-refractivity contribution < 1.29 is 58.9 Å². The lowest BCUT2D eigenvalue weighted by Gasteiger charge is -2.20. The molecule has 3 aromatic carbocycles. The van der Waals surface area contributed by atoms with Gasteiger partial charge in [-0.3, -0.25) is 0 Å². The molecule has 0 radical (unpaired) electrons. The van der Waals surface area contributed by atoms with E-state index in [-0.39, 0.29) is 32.8 Å². The van der Waals surface area contributed by atoms with Crippen molar-refractivity contribution >= 4 is 26.7 Å². The minimum Gasteiger partial charge on any atom is -0.497 e. The summed E-state index contributed by atoms with van der Waals surface area (Å²) < 4.78 is 124. The van der Waals surface area contributed by atoms with Crippen LogP contribution in [0.1, 0.15) is 11.1 Å². The Morgan fingerprint density at radius 2 is 1.45 bits per heavy atom. The van der Waals surface area contributed by atoms with Crippen molar-refractivity contribution in [2.75, 3.05) is 13.7 Å². The number of halogens is 6. The van der Waals surface area contributed by atoms with Gasteiger partial charge in [-0.25, -0.2) is 13.2 Å². The predicted octanol–water partition coefficient (Wildman–Crippen LogP) is 6.30. The number of aromatic nitrogens is 1. The molecule has 0 fully saturated rings. The number of carboxylic acids is 1. The second kappa shape index (κ2) is 10.3. The number of aromatic amines is 1. The van der Waals surface area contributed by atoms with E-state index in [2.05, 4.69) is 9.72 Å². The first-order chi connectivity index (χ1) is 18.6. The molecule has 0 bridgehead atoms. The molecule has 0 saturated carbocycles. The van der Waals surface area contributed by atoms with E-state index in [4.69, 9.17) is 14.6 Å². The summed E-state index contributed by atoms with van der Waals surface area (Å²) in [6.45, 7) is -1.19. The number of ether oxygens (including phenoxy) is 3. The van der Waals surface area contributed by atoms with Gasteiger partial charge < -0.3 is 24.3 Å². The number of benzene rings is 3. The van der Waals surface area contributed by atoms with Crippen LogP contribution in [0.4, 0.5) is 26.3 Å². The largest absolute Gasteiger partial charge is 0.497 e. The Kier molecular flexibility index (Phi) is 7.36. The first kappa shape index (κ1) is 28.6. The summed E-state index contributed by atoms with van der Waals surface area (Å²) in [6, 6.07) is 8.97. The average molecular weight is 589 g/mol. The summed E-state index contributed by atoms with van der Waals surface area (Å²) >= 11 is 0. The van der Waals surface area contributed by atoms with Gasteiger partial charge in [-0.1, -0.05) is 0 Å². The molecular formula is C25H17F6NO7S. The Morgan fingerprint density at radius 1 is 0.875 bits per heavy atom. The molecule has 8 nitrogen and oxygen atoms in total. The quantitative estimate of drug-likeness (QED) is 0.232. The zero-order valence-corrected chi connectivity index (χ0v) is 20.9. The second-order valence-electron chi connectivity index (χ2n) is 8.17. The summed E-state index contributed by atoms with van der Waals surface area (Å²) in [5, 5.41) is 8.62. The lowest BCUT2D eigenvalue weighted by atomic mass is 10.1. The number of hydrogen-bond acceptors (Lipinski definition) is 6. The SMILES string of the molecule is COc1ccc(S(=O)(=O)c2c[nH]c3ccc(Oc4c(C(F)(F)F)cc(OCC(=O)O)cc4C(F)(F)F)cc23)cc1. The number of fused-ring (bicyclic) bond motifs is 1. The van der Waals surface area contributed by atoms with Gasteiger partial charge in [0, 0.05) is 17.1 Å². The maximum absolute atomic E-state index is 13.9. The number of nitrogens with one attached hydrogen (secondary N) is 1. The van der Waals surface area contributed by atoms with Crippen LogP contribution in [-0.2, 0) is 27.0 Å². The van der Waals surface area contributed by atoms with E-state index in [9.17, 15) is 39.6 Å². The molecule has 0 spiro atoms. The third-order valence-corrected chi connectivity index (χ3v) is 7.34. The van der Waals surface area contributed by atoms with E-state index in [1.165, 1.54) is 37.4 Å². The molecule has 2 N–H and O–H groups in total. The molecule has 0 saturated heterocycles. The molecule has 0 aliphatic carbocycles. The summed E-state index contributed by atoms with van der Waals surface area (Å²) in [4.78, 5) is 13.0. The highest BCUT2D eigenvalue weighted by atomic mass is 32.2. The summed E-state index contributed by atoms with van der Waals surface area (Å²) in [7, 11) is -2.80. The molecule has 40 heavy (non-hydrogen) atoms. The smallest absolute Gasteiger partial charge is 0.420 e. The van der Waals surface area contributed by atoms with Crippen LogP contribution in [0, 0.1) is 0 Å². The van der Waals surface area contributed by atoms with E-state index in [1.54, 1.807) is 0 Å². The fraction of sp³-hybridized carbons (Fsp3) is 0.160. The van der Waals surface area contributed by atoms with Crippen LogP contribution < -0.4 is 14.2 Å². The molecule has 0 amide bonds. The normalized spacial score (nSPS) is 12.4. The standard InChI is InChI=1S/C25H17F6NO7S/c1-37-13-2-5-16(6-3-13)40(35,36)21-11-32-20-7-4-14(8-17(20)21)39-23-18(24(26,27)28)9-15(38-12-22(33)34)10-19(23)25(29,30)31/h2-11,32H,12H2,1H3,(H,33,34). The molecule has 0 aliphatic heterocycles. The number of sulfone groups is 1. The van der Waals surface area contributed by atoms with E-state index in [0.29, 0.717) is 5.75 Å². The Hall–Kier alpha value is -4.40. The zero-order valence-electron chi connectivity index (χ0n) is 20.1. The molecule has 4 aromatic rings. The number of methoxy groups -OCH3 is 1. The highest BCUT2D eigenvalue weighted by Gasteiger charge is 2.43. The van der Waals surface area contributed by atoms with Crippen LogP contribution >= 0.6 is 0 Å². The number of rotatable bonds is 8. The number of carboxylic acid groups (broad SMARTS) is 1. The molecule has 4 rings (SSSR count). The van der Waals surface area contributed by atoms with Gasteiger partial charge in [0.05, 0.1) is 16.9 Å². The average Bonchev–Trinajstić information content (AvgIpc) is 3.30. The summed E-state index contributed by atoms with van der Waals surface area (Å²) in [5.74, 6) is -4.40. The number of hydrogen-bond donors (Lipinski definition) is 2. The maximum atomic E-state index is 13.9. The number of alkyl halides is 6. The van der Waals surface area contributed by atoms with Crippen molar-refractivity contribution in [2.45, 2.75) is 22.1 Å². The molecule has 0 unspecified atom stereocenters. The van der Waals surface area contributed by atoms with Gasteiger partial charge in [-0.2, -0.15) is 26.3 Å². The third-order valence-electron chi connectivity index (χ3n) is 5.53. The van der Waals surface area contributed by atoms with Crippen LogP contribution in [0.3, 0.4) is 0 Å². The highest BCUT2D eigenvalue weighted by Crippen LogP contribution is 2.48. The summed E-state index contributed by atoms with van der Waals surface area (Å²) in [6.07, 6.45) is -9.62. The Bertz CT molecular complexity index is 1640. The van der Waals surface area contributed by atoms with Crippen LogP contribution in [0.2, 0.25) is 0 Å². The fourth-order valence-electron chi connectivity index (χ4n) is 3.72. The van der Waals surface area contributed by atoms with Crippen LogP contribution in [0.25, 0.3) is 10.9 Å². The molecule has 0 aliphatic rings. The van der Waals surface area contributed by atoms with Crippen LogP contribution in [-0.4, -0.2) is 38.2 Å². The first-order valence-corrected chi connectivity index (χ1v) is 12.4. The predicted molar refractivity (Wildman–Crippen MR) is 126 cm³/mol. The van der Waals surface area contributed by atoms with Gasteiger partial charge in [0.1, 0.15) is 28.4 Å². The monoisotopic (exact) mass is 589 g/mol. The number of carbonyl (C=O) groups is 1. The lowest BCUT2D eigenvalue weighted by Crippen LogP contribution is -2.16. The van der Waals surface area contributed by atoms with Gasteiger partial charge >= 0.3 is 18.3 Å². The van der Waals surface area contributed by atoms with Crippen molar-refractivity contribution in [3.05, 3.63) is 71.9 Å². The molecule has 1 aromatic heterocycles. The maximum Gasteiger partial charge on any atom is 0.420 e. The van der Waals surface area contributed by atoms with Crippen molar-refractivity contribution in [3.63, 3.8) is 0 Å². The Morgan fingerprint density at radius 3 is 1.98 bits per heavy atom. The molecule has 1 heterocycles. The van der Waals surface area contributed by atoms with E-state index in [1.807, 2.05) is 0 Å². The minimum absolute atomic E-state index is 0.0585. The van der Waals surface area contributed by atoms with Crippen molar-refractivity contribution in [1.29, 1.82) is 0 Å². The van der Waals surface area contributed by atoms with E-state index < -0.39 is 63.1 Å². The zero-order chi connectivity index (χ0) is 29.5. The number of aliphatic carboxylic acids is 1. The van der Waals surface area contributed by atoms with Crippen LogP contribution in [0.5, 0.6) is 23.0 Å². The van der Waals surface area contributed by atoms with Crippen LogP contribution in [0.15, 0.2) is 70.6 Å². The Labute approximate surface area is 221 Å². The van der Waals surface area contributed by atoms with Crippen molar-refractivity contribution in [2.24, 2.45) is 0 Å². The van der Waals surface area contributed by atoms with Gasteiger partial charge in [0.2, 0.25) is 9.84 Å². The third kappa shape index (κ3) is 5.78. The minimum atomic E-state index is -5.38.